The van der Waals surface area contributed by atoms with Crippen LogP contribution in [-0.4, -0.2) is 35.6 Å². The average molecular weight is 360 g/mol. The van der Waals surface area contributed by atoms with E-state index in [0.717, 1.165) is 49.8 Å². The van der Waals surface area contributed by atoms with E-state index in [1.54, 1.807) is 12.3 Å². The van der Waals surface area contributed by atoms with Gasteiger partial charge in [0.25, 0.3) is 5.56 Å². The Bertz CT molecular complexity index is 807. The van der Waals surface area contributed by atoms with Crippen molar-refractivity contribution < 1.29 is 9.13 Å². The van der Waals surface area contributed by atoms with Crippen LogP contribution in [-0.2, 0) is 6.42 Å². The van der Waals surface area contributed by atoms with Crippen molar-refractivity contribution in [2.45, 2.75) is 52.6 Å². The zero-order valence-corrected chi connectivity index (χ0v) is 16.0. The van der Waals surface area contributed by atoms with Crippen molar-refractivity contribution in [2.24, 2.45) is 5.92 Å². The predicted octanol–water partition coefficient (Wildman–Crippen LogP) is 4.12. The van der Waals surface area contributed by atoms with Gasteiger partial charge in [-0.15, -0.1) is 0 Å². The summed E-state index contributed by atoms with van der Waals surface area (Å²) in [5.74, 6) is 0.517. The minimum absolute atomic E-state index is 0.0318. The quantitative estimate of drug-likeness (QED) is 0.843. The monoisotopic (exact) mass is 360 g/mol. The van der Waals surface area contributed by atoms with Crippen molar-refractivity contribution in [3.63, 3.8) is 0 Å². The highest BCUT2D eigenvalue weighted by molar-refractivity contribution is 5.86. The molecule has 1 aliphatic heterocycles. The number of nitrogens with zero attached hydrogens (tertiary/aromatic N) is 1. The second-order valence-electron chi connectivity index (χ2n) is 7.67. The molecule has 0 atom stereocenters. The van der Waals surface area contributed by atoms with Crippen molar-refractivity contribution in [2.75, 3.05) is 19.6 Å². The summed E-state index contributed by atoms with van der Waals surface area (Å²) in [7, 11) is 0. The first-order valence-corrected chi connectivity index (χ1v) is 9.70. The molecule has 3 rings (SSSR count). The summed E-state index contributed by atoms with van der Waals surface area (Å²) in [6, 6.07) is 3.00. The highest BCUT2D eigenvalue weighted by Gasteiger charge is 2.22. The van der Waals surface area contributed by atoms with E-state index in [1.807, 2.05) is 6.92 Å². The number of likely N-dealkylation sites (tertiary alicyclic amines) is 1. The summed E-state index contributed by atoms with van der Waals surface area (Å²) >= 11 is 0. The van der Waals surface area contributed by atoms with E-state index in [0.29, 0.717) is 11.3 Å². The van der Waals surface area contributed by atoms with Crippen LogP contribution in [0.5, 0.6) is 5.75 Å². The number of aromatic amines is 1. The van der Waals surface area contributed by atoms with E-state index < -0.39 is 5.82 Å². The number of halogens is 1. The summed E-state index contributed by atoms with van der Waals surface area (Å²) in [6.07, 6.45) is 5.53. The van der Waals surface area contributed by atoms with Crippen LogP contribution in [0.15, 0.2) is 23.1 Å². The second-order valence-corrected chi connectivity index (χ2v) is 7.67. The van der Waals surface area contributed by atoms with Gasteiger partial charge in [-0.3, -0.25) is 4.79 Å². The fraction of sp³-hybridized carbons (Fsp3) is 0.571. The van der Waals surface area contributed by atoms with Gasteiger partial charge in [-0.05, 0) is 61.2 Å². The number of piperidine rings is 1. The van der Waals surface area contributed by atoms with Crippen LogP contribution < -0.4 is 10.3 Å². The molecule has 26 heavy (non-hydrogen) atoms. The van der Waals surface area contributed by atoms with Crippen LogP contribution >= 0.6 is 0 Å². The number of rotatable bonds is 6. The standard InChI is InChI=1S/C21H29FN2O2/c1-4-15-13-23-21(25)18-11-19(22)20(12-17(15)18)26-16-6-9-24(10-7-16)8-5-14(2)3/h11-14,16H,4-10H2,1-3H3,(H,23,25). The number of fused-ring (bicyclic) bond motifs is 1. The molecule has 0 radical (unpaired) electrons. The van der Waals surface area contributed by atoms with Gasteiger partial charge in [0.2, 0.25) is 0 Å². The number of pyridine rings is 1. The van der Waals surface area contributed by atoms with Gasteiger partial charge in [0, 0.05) is 19.3 Å². The van der Waals surface area contributed by atoms with Gasteiger partial charge in [-0.1, -0.05) is 20.8 Å². The van der Waals surface area contributed by atoms with Gasteiger partial charge in [0.1, 0.15) is 6.10 Å². The maximum Gasteiger partial charge on any atom is 0.255 e. The van der Waals surface area contributed by atoms with Crippen LogP contribution in [0, 0.1) is 11.7 Å². The summed E-state index contributed by atoms with van der Waals surface area (Å²) < 4.78 is 20.5. The molecule has 0 amide bonds. The Morgan fingerprint density at radius 1 is 1.27 bits per heavy atom. The highest BCUT2D eigenvalue weighted by Crippen LogP contribution is 2.28. The Morgan fingerprint density at radius 2 is 2.00 bits per heavy atom. The fourth-order valence-corrected chi connectivity index (χ4v) is 3.57. The summed E-state index contributed by atoms with van der Waals surface area (Å²) in [5.41, 5.74) is 0.731. The molecule has 0 bridgehead atoms. The van der Waals surface area contributed by atoms with E-state index >= 15 is 0 Å². The maximum atomic E-state index is 14.5. The van der Waals surface area contributed by atoms with Gasteiger partial charge >= 0.3 is 0 Å². The number of hydrogen-bond donors (Lipinski definition) is 1. The summed E-state index contributed by atoms with van der Waals surface area (Å²) in [6.45, 7) is 9.61. The highest BCUT2D eigenvalue weighted by atomic mass is 19.1. The third kappa shape index (κ3) is 4.26. The number of aryl methyl sites for hydroxylation is 1. The summed E-state index contributed by atoms with van der Waals surface area (Å²) in [5, 5.41) is 1.17. The largest absolute Gasteiger partial charge is 0.487 e. The van der Waals surface area contributed by atoms with E-state index in [9.17, 15) is 9.18 Å². The van der Waals surface area contributed by atoms with Gasteiger partial charge in [-0.25, -0.2) is 4.39 Å². The van der Waals surface area contributed by atoms with Gasteiger partial charge in [0.15, 0.2) is 11.6 Å². The van der Waals surface area contributed by atoms with Crippen molar-refractivity contribution in [3.8, 4) is 5.75 Å². The molecule has 4 nitrogen and oxygen atoms in total. The molecular formula is C21H29FN2O2. The lowest BCUT2D eigenvalue weighted by molar-refractivity contribution is 0.0948. The molecule has 1 aromatic heterocycles. The Morgan fingerprint density at radius 3 is 2.65 bits per heavy atom. The van der Waals surface area contributed by atoms with Crippen LogP contribution in [0.25, 0.3) is 10.8 Å². The zero-order chi connectivity index (χ0) is 18.7. The van der Waals surface area contributed by atoms with Crippen molar-refractivity contribution >= 4 is 10.8 Å². The Balaban J connectivity index is 1.72. The zero-order valence-electron chi connectivity index (χ0n) is 16.0. The molecule has 1 aliphatic rings. The molecule has 2 heterocycles. The maximum absolute atomic E-state index is 14.5. The SMILES string of the molecule is CCc1c[nH]c(=O)c2cc(F)c(OC3CCN(CCC(C)C)CC3)cc12. The first-order chi connectivity index (χ1) is 12.5. The smallest absolute Gasteiger partial charge is 0.255 e. The molecule has 2 aromatic rings. The topological polar surface area (TPSA) is 45.3 Å². The summed E-state index contributed by atoms with van der Waals surface area (Å²) in [4.78, 5) is 17.1. The molecule has 0 saturated carbocycles. The van der Waals surface area contributed by atoms with Crippen LogP contribution in [0.4, 0.5) is 4.39 Å². The van der Waals surface area contributed by atoms with Crippen molar-refractivity contribution in [3.05, 3.63) is 40.1 Å². The van der Waals surface area contributed by atoms with Gasteiger partial charge in [0.05, 0.1) is 5.39 Å². The Kier molecular flexibility index (Phi) is 5.97. The lowest BCUT2D eigenvalue weighted by Gasteiger charge is -2.32. The lowest BCUT2D eigenvalue weighted by atomic mass is 10.0. The molecule has 5 heteroatoms. The molecule has 0 spiro atoms. The number of aromatic nitrogens is 1. The van der Waals surface area contributed by atoms with Crippen LogP contribution in [0.2, 0.25) is 0 Å². The lowest BCUT2D eigenvalue weighted by Crippen LogP contribution is -2.39. The minimum atomic E-state index is -0.460. The Labute approximate surface area is 154 Å². The minimum Gasteiger partial charge on any atom is -0.487 e. The molecule has 1 aromatic carbocycles. The van der Waals surface area contributed by atoms with Crippen molar-refractivity contribution in [1.29, 1.82) is 0 Å². The molecule has 0 unspecified atom stereocenters. The van der Waals surface area contributed by atoms with Gasteiger partial charge in [-0.2, -0.15) is 0 Å². The number of H-pyrrole nitrogens is 1. The third-order valence-corrected chi connectivity index (χ3v) is 5.27. The molecular weight excluding hydrogens is 331 g/mol. The number of nitrogens with one attached hydrogen (secondary N) is 1. The first-order valence-electron chi connectivity index (χ1n) is 9.70. The van der Waals surface area contributed by atoms with E-state index in [-0.39, 0.29) is 17.4 Å². The Hall–Kier alpha value is -1.88. The molecule has 1 fully saturated rings. The third-order valence-electron chi connectivity index (χ3n) is 5.27. The van der Waals surface area contributed by atoms with Crippen LogP contribution in [0.3, 0.4) is 0 Å². The first kappa shape index (κ1) is 18.9. The normalized spacial score (nSPS) is 16.5. The predicted molar refractivity (Wildman–Crippen MR) is 103 cm³/mol. The van der Waals surface area contributed by atoms with E-state index in [1.165, 1.54) is 12.5 Å². The molecule has 1 N–H and O–H groups in total. The molecule has 142 valence electrons. The number of benzene rings is 1. The van der Waals surface area contributed by atoms with Crippen molar-refractivity contribution in [1.82, 2.24) is 9.88 Å². The average Bonchev–Trinajstić information content (AvgIpc) is 2.63. The fourth-order valence-electron chi connectivity index (χ4n) is 3.57. The van der Waals surface area contributed by atoms with Crippen LogP contribution in [0.1, 0.15) is 45.6 Å². The molecule has 0 aliphatic carbocycles. The van der Waals surface area contributed by atoms with Gasteiger partial charge < -0.3 is 14.6 Å². The van der Waals surface area contributed by atoms with E-state index in [4.69, 9.17) is 4.74 Å². The second kappa shape index (κ2) is 8.21. The van der Waals surface area contributed by atoms with E-state index in [2.05, 4.69) is 23.7 Å². The number of hydrogen-bond acceptors (Lipinski definition) is 3. The number of ether oxygens (including phenoxy) is 1. The molecule has 1 saturated heterocycles.